The van der Waals surface area contributed by atoms with Gasteiger partial charge >= 0.3 is 5.97 Å². The zero-order chi connectivity index (χ0) is 17.0. The quantitative estimate of drug-likeness (QED) is 0.849. The van der Waals surface area contributed by atoms with Crippen molar-refractivity contribution in [3.05, 3.63) is 53.6 Å². The number of rotatable bonds is 5. The van der Waals surface area contributed by atoms with Gasteiger partial charge in [0.15, 0.2) is 0 Å². The number of methoxy groups -OCH3 is 2. The summed E-state index contributed by atoms with van der Waals surface area (Å²) in [6.45, 7) is 1.76. The number of aryl methyl sites for hydroxylation is 1. The van der Waals surface area contributed by atoms with E-state index in [1.807, 2.05) is 0 Å². The molecule has 122 valence electrons. The summed E-state index contributed by atoms with van der Waals surface area (Å²) in [6.07, 6.45) is 0. The molecule has 2 aromatic carbocycles. The number of benzene rings is 2. The van der Waals surface area contributed by atoms with Crippen molar-refractivity contribution < 1.29 is 22.7 Å². The van der Waals surface area contributed by atoms with Gasteiger partial charge in [-0.05, 0) is 48.9 Å². The fourth-order valence-corrected chi connectivity index (χ4v) is 3.19. The van der Waals surface area contributed by atoms with Gasteiger partial charge in [-0.25, -0.2) is 13.2 Å². The number of esters is 1. The van der Waals surface area contributed by atoms with Crippen LogP contribution in [0.15, 0.2) is 47.4 Å². The molecule has 1 N–H and O–H groups in total. The molecule has 2 rings (SSSR count). The minimum Gasteiger partial charge on any atom is -0.496 e. The van der Waals surface area contributed by atoms with Crippen molar-refractivity contribution in [3.8, 4) is 5.75 Å². The first-order valence-corrected chi connectivity index (χ1v) is 8.21. The first kappa shape index (κ1) is 16.8. The summed E-state index contributed by atoms with van der Waals surface area (Å²) in [5.41, 5.74) is 1.25. The fourth-order valence-electron chi connectivity index (χ4n) is 2.06. The van der Waals surface area contributed by atoms with Gasteiger partial charge in [-0.2, -0.15) is 0 Å². The second-order valence-corrected chi connectivity index (χ2v) is 6.49. The van der Waals surface area contributed by atoms with Crippen LogP contribution in [0.1, 0.15) is 15.9 Å². The standard InChI is InChI=1S/C16H17NO5S/c1-11-9-14(7-8-15(11)21-2)23(19,20)17-13-6-4-5-12(10-13)16(18)22-3/h4-10,17H,1-3H3. The molecule has 0 saturated heterocycles. The van der Waals surface area contributed by atoms with E-state index < -0.39 is 16.0 Å². The zero-order valence-corrected chi connectivity index (χ0v) is 13.8. The number of ether oxygens (including phenoxy) is 2. The van der Waals surface area contributed by atoms with Gasteiger partial charge in [0.25, 0.3) is 10.0 Å². The predicted octanol–water partition coefficient (Wildman–Crippen LogP) is 2.59. The second-order valence-electron chi connectivity index (χ2n) is 4.81. The lowest BCUT2D eigenvalue weighted by atomic mass is 10.2. The fraction of sp³-hybridized carbons (Fsp3) is 0.188. The van der Waals surface area contributed by atoms with Gasteiger partial charge in [0.1, 0.15) is 5.75 Å². The normalized spacial score (nSPS) is 10.9. The smallest absolute Gasteiger partial charge is 0.337 e. The highest BCUT2D eigenvalue weighted by Gasteiger charge is 2.16. The molecule has 0 spiro atoms. The third-order valence-corrected chi connectivity index (χ3v) is 4.59. The zero-order valence-electron chi connectivity index (χ0n) is 13.0. The molecule has 0 bridgehead atoms. The van der Waals surface area contributed by atoms with Gasteiger partial charge in [0.2, 0.25) is 0 Å². The van der Waals surface area contributed by atoms with E-state index in [0.29, 0.717) is 11.3 Å². The lowest BCUT2D eigenvalue weighted by molar-refractivity contribution is 0.0601. The molecule has 0 aliphatic carbocycles. The number of carbonyl (C=O) groups excluding carboxylic acids is 1. The number of carbonyl (C=O) groups is 1. The average Bonchev–Trinajstić information content (AvgIpc) is 2.53. The third-order valence-electron chi connectivity index (χ3n) is 3.21. The van der Waals surface area contributed by atoms with Gasteiger partial charge in [-0.3, -0.25) is 4.72 Å². The predicted molar refractivity (Wildman–Crippen MR) is 86.3 cm³/mol. The van der Waals surface area contributed by atoms with E-state index in [2.05, 4.69) is 9.46 Å². The van der Waals surface area contributed by atoms with Crippen LogP contribution in [0.2, 0.25) is 0 Å². The van der Waals surface area contributed by atoms with Crippen LogP contribution >= 0.6 is 0 Å². The molecule has 0 unspecified atom stereocenters. The molecule has 0 aromatic heterocycles. The molecular formula is C16H17NO5S. The van der Waals surface area contributed by atoms with Crippen molar-refractivity contribution in [2.75, 3.05) is 18.9 Å². The maximum atomic E-state index is 12.4. The van der Waals surface area contributed by atoms with Gasteiger partial charge < -0.3 is 9.47 Å². The Hall–Kier alpha value is -2.54. The number of nitrogens with one attached hydrogen (secondary N) is 1. The van der Waals surface area contributed by atoms with Crippen LogP contribution in [0.4, 0.5) is 5.69 Å². The highest BCUT2D eigenvalue weighted by molar-refractivity contribution is 7.92. The summed E-state index contributed by atoms with van der Waals surface area (Å²) in [4.78, 5) is 11.6. The van der Waals surface area contributed by atoms with Crippen molar-refractivity contribution >= 4 is 21.7 Å². The Kier molecular flexibility index (Phi) is 4.90. The molecule has 0 aliphatic heterocycles. The minimum absolute atomic E-state index is 0.110. The summed E-state index contributed by atoms with van der Waals surface area (Å²) >= 11 is 0. The van der Waals surface area contributed by atoms with E-state index in [-0.39, 0.29) is 16.1 Å². The highest BCUT2D eigenvalue weighted by Crippen LogP contribution is 2.23. The van der Waals surface area contributed by atoms with Crippen LogP contribution in [0.25, 0.3) is 0 Å². The lowest BCUT2D eigenvalue weighted by Gasteiger charge is -2.11. The van der Waals surface area contributed by atoms with Crippen LogP contribution in [-0.2, 0) is 14.8 Å². The Labute approximate surface area is 135 Å². The summed E-state index contributed by atoms with van der Waals surface area (Å²) < 4.78 is 37.1. The molecule has 0 saturated carbocycles. The van der Waals surface area contributed by atoms with Gasteiger partial charge in [0.05, 0.1) is 24.7 Å². The molecule has 2 aromatic rings. The van der Waals surface area contributed by atoms with Crippen LogP contribution in [0.5, 0.6) is 5.75 Å². The van der Waals surface area contributed by atoms with Crippen LogP contribution in [0.3, 0.4) is 0 Å². The van der Waals surface area contributed by atoms with E-state index >= 15 is 0 Å². The molecular weight excluding hydrogens is 318 g/mol. The first-order valence-electron chi connectivity index (χ1n) is 6.73. The van der Waals surface area contributed by atoms with E-state index in [1.165, 1.54) is 32.4 Å². The second kappa shape index (κ2) is 6.70. The Morgan fingerprint density at radius 3 is 2.43 bits per heavy atom. The molecule has 6 nitrogen and oxygen atoms in total. The molecule has 0 atom stereocenters. The minimum atomic E-state index is -3.77. The summed E-state index contributed by atoms with van der Waals surface area (Å²) in [6, 6.07) is 10.7. The number of hydrogen-bond donors (Lipinski definition) is 1. The Morgan fingerprint density at radius 1 is 1.09 bits per heavy atom. The molecule has 0 amide bonds. The Balaban J connectivity index is 2.31. The van der Waals surface area contributed by atoms with E-state index in [0.717, 1.165) is 0 Å². The molecule has 0 aliphatic rings. The molecule has 7 heteroatoms. The van der Waals surface area contributed by atoms with Crippen molar-refractivity contribution in [2.45, 2.75) is 11.8 Å². The molecule has 0 radical (unpaired) electrons. The third kappa shape index (κ3) is 3.81. The van der Waals surface area contributed by atoms with E-state index in [1.54, 1.807) is 31.2 Å². The van der Waals surface area contributed by atoms with Gasteiger partial charge in [0, 0.05) is 5.69 Å². The van der Waals surface area contributed by atoms with E-state index in [4.69, 9.17) is 4.74 Å². The molecule has 0 heterocycles. The van der Waals surface area contributed by atoms with Crippen molar-refractivity contribution in [2.24, 2.45) is 0 Å². The van der Waals surface area contributed by atoms with Crippen molar-refractivity contribution in [1.82, 2.24) is 0 Å². The van der Waals surface area contributed by atoms with E-state index in [9.17, 15) is 13.2 Å². The highest BCUT2D eigenvalue weighted by atomic mass is 32.2. The van der Waals surface area contributed by atoms with Crippen molar-refractivity contribution in [3.63, 3.8) is 0 Å². The topological polar surface area (TPSA) is 81.7 Å². The SMILES string of the molecule is COC(=O)c1cccc(NS(=O)(=O)c2ccc(OC)c(C)c2)c1. The average molecular weight is 335 g/mol. The monoisotopic (exact) mass is 335 g/mol. The maximum Gasteiger partial charge on any atom is 0.337 e. The largest absolute Gasteiger partial charge is 0.496 e. The summed E-state index contributed by atoms with van der Waals surface area (Å²) in [7, 11) is -0.984. The van der Waals surface area contributed by atoms with Gasteiger partial charge in [-0.1, -0.05) is 6.07 Å². The summed E-state index contributed by atoms with van der Waals surface area (Å²) in [5.74, 6) is 0.0722. The van der Waals surface area contributed by atoms with Crippen molar-refractivity contribution in [1.29, 1.82) is 0 Å². The van der Waals surface area contributed by atoms with Gasteiger partial charge in [-0.15, -0.1) is 0 Å². The Bertz CT molecular complexity index is 830. The lowest BCUT2D eigenvalue weighted by Crippen LogP contribution is -2.13. The number of sulfonamides is 1. The van der Waals surface area contributed by atoms with Crippen LogP contribution in [0, 0.1) is 6.92 Å². The number of anilines is 1. The van der Waals surface area contributed by atoms with Crippen LogP contribution in [-0.4, -0.2) is 28.6 Å². The number of hydrogen-bond acceptors (Lipinski definition) is 5. The summed E-state index contributed by atoms with van der Waals surface area (Å²) in [5, 5.41) is 0. The molecule has 23 heavy (non-hydrogen) atoms. The Morgan fingerprint density at radius 2 is 1.83 bits per heavy atom. The maximum absolute atomic E-state index is 12.4. The van der Waals surface area contributed by atoms with Crippen LogP contribution < -0.4 is 9.46 Å². The molecule has 0 fully saturated rings. The first-order chi connectivity index (χ1) is 10.9.